The second-order valence-electron chi connectivity index (χ2n) is 15.3. The van der Waals surface area contributed by atoms with Gasteiger partial charge in [0.15, 0.2) is 11.5 Å². The second-order valence-corrected chi connectivity index (χ2v) is 20.9. The third-order valence-corrected chi connectivity index (χ3v) is 10.4. The van der Waals surface area contributed by atoms with Gasteiger partial charge in [0.1, 0.15) is 24.5 Å². The summed E-state index contributed by atoms with van der Waals surface area (Å²) in [5.74, 6) is 1.41. The van der Waals surface area contributed by atoms with Crippen molar-refractivity contribution in [3.8, 4) is 22.5 Å². The van der Waals surface area contributed by atoms with Crippen LogP contribution in [0.1, 0.15) is 34.6 Å². The summed E-state index contributed by atoms with van der Waals surface area (Å²) in [7, 11) is -1.14. The first-order valence-corrected chi connectivity index (χ1v) is 20.4. The molecule has 0 aliphatic carbocycles. The molecule has 0 saturated carbocycles. The Morgan fingerprint density at radius 2 is 1.75 bits per heavy atom. The average molecular weight is 674 g/mol. The Morgan fingerprint density at radius 3 is 2.42 bits per heavy atom. The number of aromatic nitrogens is 6. The van der Waals surface area contributed by atoms with Crippen molar-refractivity contribution in [1.29, 1.82) is 0 Å². The summed E-state index contributed by atoms with van der Waals surface area (Å²) in [6, 6.07) is 10.7. The molecule has 2 fully saturated rings. The molecule has 13 nitrogen and oxygen atoms in total. The van der Waals surface area contributed by atoms with Crippen LogP contribution in [0.15, 0.2) is 49.1 Å². The number of anilines is 1. The fourth-order valence-corrected chi connectivity index (χ4v) is 6.63. The Kier molecular flexibility index (Phi) is 9.07. The van der Waals surface area contributed by atoms with Crippen LogP contribution in [0.2, 0.25) is 25.7 Å². The zero-order valence-electron chi connectivity index (χ0n) is 29.3. The maximum atomic E-state index is 13.9. The van der Waals surface area contributed by atoms with E-state index in [1.807, 2.05) is 62.2 Å². The van der Waals surface area contributed by atoms with Gasteiger partial charge in [0, 0.05) is 51.6 Å². The number of rotatable bonds is 10. The number of carbonyl (C=O) groups excluding carboxylic acids is 2. The Morgan fingerprint density at radius 1 is 1.04 bits per heavy atom. The number of likely N-dealkylation sites (tertiary alicyclic amines) is 1. The molecule has 14 heteroatoms. The van der Waals surface area contributed by atoms with E-state index in [1.165, 1.54) is 0 Å². The van der Waals surface area contributed by atoms with Gasteiger partial charge in [-0.1, -0.05) is 57.8 Å². The molecule has 2 aliphatic heterocycles. The molecule has 1 atom stereocenters. The van der Waals surface area contributed by atoms with Gasteiger partial charge in [-0.25, -0.2) is 28.8 Å². The highest BCUT2D eigenvalue weighted by molar-refractivity contribution is 6.76. The molecule has 3 aromatic heterocycles. The van der Waals surface area contributed by atoms with E-state index in [9.17, 15) is 9.59 Å². The molecule has 0 bridgehead atoms. The molecule has 0 unspecified atom stereocenters. The van der Waals surface area contributed by atoms with Crippen LogP contribution in [0.4, 0.5) is 15.4 Å². The molecular formula is C34H47N9O4Si. The highest BCUT2D eigenvalue weighted by atomic mass is 28.3. The quantitative estimate of drug-likeness (QED) is 0.152. The van der Waals surface area contributed by atoms with E-state index in [2.05, 4.69) is 48.7 Å². The maximum Gasteiger partial charge on any atom is 0.410 e. The molecule has 2 saturated heterocycles. The van der Waals surface area contributed by atoms with Gasteiger partial charge in [0.25, 0.3) is 0 Å². The molecule has 0 radical (unpaired) electrons. The fraction of sp³-hybridized carbons (Fsp3) is 0.529. The summed E-state index contributed by atoms with van der Waals surface area (Å²) in [6.45, 7) is 19.4. The van der Waals surface area contributed by atoms with Crippen LogP contribution in [0.25, 0.3) is 28.2 Å². The third-order valence-electron chi connectivity index (χ3n) is 8.70. The van der Waals surface area contributed by atoms with Gasteiger partial charge in [-0.15, -0.1) is 5.10 Å². The summed E-state index contributed by atoms with van der Waals surface area (Å²) in [4.78, 5) is 41.2. The number of benzene rings is 1. The topological polar surface area (TPSA) is 123 Å². The largest absolute Gasteiger partial charge is 0.444 e. The van der Waals surface area contributed by atoms with E-state index in [0.717, 1.165) is 29.3 Å². The van der Waals surface area contributed by atoms with Crippen LogP contribution in [-0.2, 0) is 16.2 Å². The van der Waals surface area contributed by atoms with E-state index in [-0.39, 0.29) is 30.1 Å². The monoisotopic (exact) mass is 673 g/mol. The lowest BCUT2D eigenvalue weighted by molar-refractivity contribution is -0.00657. The number of fused-ring (bicyclic) bond motifs is 1. The van der Waals surface area contributed by atoms with Crippen LogP contribution < -0.4 is 4.90 Å². The lowest BCUT2D eigenvalue weighted by Gasteiger charge is -2.43. The predicted octanol–water partition coefficient (Wildman–Crippen LogP) is 5.85. The number of amides is 3. The Labute approximate surface area is 282 Å². The molecule has 3 amide bonds. The first kappa shape index (κ1) is 33.6. The SMILES string of the molecule is CC(C)[C@H]1CN(C2CN(C(=O)OC(C)(C)C)C2)C(=O)N1c1ccn2ncc(-c3ccc(-c4ncn(COCC[Si](C)(C)C)n4)cc3)c2n1. The molecule has 256 valence electrons. The van der Waals surface area contributed by atoms with Crippen molar-refractivity contribution in [3.05, 3.63) is 49.1 Å². The van der Waals surface area contributed by atoms with Crippen LogP contribution in [0.5, 0.6) is 0 Å². The summed E-state index contributed by atoms with van der Waals surface area (Å²) < 4.78 is 14.8. The molecule has 6 rings (SSSR count). The molecule has 48 heavy (non-hydrogen) atoms. The van der Waals surface area contributed by atoms with Crippen LogP contribution in [0, 0.1) is 5.92 Å². The van der Waals surface area contributed by atoms with Crippen molar-refractivity contribution in [2.24, 2.45) is 5.92 Å². The highest BCUT2D eigenvalue weighted by Crippen LogP contribution is 2.33. The normalized spacial score (nSPS) is 17.6. The Balaban J connectivity index is 1.16. The van der Waals surface area contributed by atoms with Crippen molar-refractivity contribution in [2.75, 3.05) is 31.1 Å². The van der Waals surface area contributed by atoms with Gasteiger partial charge in [0.2, 0.25) is 0 Å². The number of ether oxygens (including phenoxy) is 2. The van der Waals surface area contributed by atoms with Crippen LogP contribution in [0.3, 0.4) is 0 Å². The summed E-state index contributed by atoms with van der Waals surface area (Å²) in [5.41, 5.74) is 2.79. The first-order valence-electron chi connectivity index (χ1n) is 16.7. The van der Waals surface area contributed by atoms with Gasteiger partial charge in [-0.2, -0.15) is 5.10 Å². The van der Waals surface area contributed by atoms with E-state index in [0.29, 0.717) is 43.7 Å². The molecule has 2 aliphatic rings. The van der Waals surface area contributed by atoms with Crippen LogP contribution >= 0.6 is 0 Å². The number of urea groups is 1. The van der Waals surface area contributed by atoms with E-state index in [4.69, 9.17) is 14.5 Å². The second kappa shape index (κ2) is 13.0. The molecule has 5 heterocycles. The smallest absolute Gasteiger partial charge is 0.410 e. The van der Waals surface area contributed by atoms with Crippen molar-refractivity contribution >= 4 is 31.7 Å². The van der Waals surface area contributed by atoms with Gasteiger partial charge in [-0.05, 0) is 44.4 Å². The third kappa shape index (κ3) is 7.24. The zero-order valence-corrected chi connectivity index (χ0v) is 30.3. The van der Waals surface area contributed by atoms with Gasteiger partial charge < -0.3 is 19.3 Å². The predicted molar refractivity (Wildman–Crippen MR) is 186 cm³/mol. The highest BCUT2D eigenvalue weighted by Gasteiger charge is 2.48. The summed E-state index contributed by atoms with van der Waals surface area (Å²) >= 11 is 0. The van der Waals surface area contributed by atoms with Gasteiger partial charge in [-0.3, -0.25) is 4.90 Å². The van der Waals surface area contributed by atoms with Crippen molar-refractivity contribution in [1.82, 2.24) is 39.2 Å². The van der Waals surface area contributed by atoms with E-state index >= 15 is 0 Å². The minimum Gasteiger partial charge on any atom is -0.444 e. The maximum absolute atomic E-state index is 13.9. The molecule has 0 N–H and O–H groups in total. The minimum absolute atomic E-state index is 0.0626. The molecule has 1 aromatic carbocycles. The lowest BCUT2D eigenvalue weighted by Crippen LogP contribution is -2.62. The number of carbonyl (C=O) groups is 2. The Bertz CT molecular complexity index is 1770. The van der Waals surface area contributed by atoms with Crippen molar-refractivity contribution < 1.29 is 19.1 Å². The van der Waals surface area contributed by atoms with Gasteiger partial charge >= 0.3 is 12.1 Å². The fourth-order valence-electron chi connectivity index (χ4n) is 5.87. The van der Waals surface area contributed by atoms with Crippen molar-refractivity contribution in [2.45, 2.75) is 84.7 Å². The summed E-state index contributed by atoms with van der Waals surface area (Å²) in [6.07, 6.45) is 4.99. The average Bonchev–Trinajstić information content (AvgIpc) is 3.71. The minimum atomic E-state index is -1.14. The van der Waals surface area contributed by atoms with E-state index in [1.54, 1.807) is 31.5 Å². The lowest BCUT2D eigenvalue weighted by atomic mass is 10.0. The number of hydrogen-bond acceptors (Lipinski definition) is 8. The molecule has 4 aromatic rings. The summed E-state index contributed by atoms with van der Waals surface area (Å²) in [5, 5.41) is 9.13. The van der Waals surface area contributed by atoms with Gasteiger partial charge in [0.05, 0.1) is 18.3 Å². The standard InChI is InChI=1S/C34H47N9O4Si/c1-23(2)28-20-41(26-18-39(19-26)33(45)47-34(3,4)5)32(44)43(28)29-13-14-42-31(37-29)27(17-36-42)24-9-11-25(12-10-24)30-35-21-40(38-30)22-46-15-16-48(6,7)8/h9-14,17,21,23,26,28H,15-16,18-20,22H2,1-8H3/t28-/m1/s1. The molecular weight excluding hydrogens is 627 g/mol. The number of hydrogen-bond donors (Lipinski definition) is 0. The van der Waals surface area contributed by atoms with E-state index < -0.39 is 13.7 Å². The van der Waals surface area contributed by atoms with Crippen molar-refractivity contribution in [3.63, 3.8) is 0 Å². The zero-order chi connectivity index (χ0) is 34.4. The number of nitrogens with zero attached hydrogens (tertiary/aromatic N) is 9. The Hall–Kier alpha value is -4.30. The molecule has 0 spiro atoms. The van der Waals surface area contributed by atoms with Crippen LogP contribution in [-0.4, -0.2) is 103 Å². The first-order chi connectivity index (χ1) is 22.7.